The number of primary amides is 1. The summed E-state index contributed by atoms with van der Waals surface area (Å²) in [6, 6.07) is -4.67. The zero-order valence-corrected chi connectivity index (χ0v) is 22.5. The average Bonchev–Trinajstić information content (AvgIpc) is 2.84. The Labute approximate surface area is 227 Å². The number of hydrogen-bond donors (Lipinski definition) is 10. The lowest BCUT2D eigenvalue weighted by Crippen LogP contribution is -2.59. The molecule has 0 aromatic heterocycles. The summed E-state index contributed by atoms with van der Waals surface area (Å²) in [7, 11) is 0. The Morgan fingerprint density at radius 1 is 0.923 bits per heavy atom. The van der Waals surface area contributed by atoms with Gasteiger partial charge in [-0.1, -0.05) is 13.8 Å². The van der Waals surface area contributed by atoms with E-state index in [1.807, 2.05) is 13.8 Å². The molecule has 0 saturated heterocycles. The molecule has 0 aromatic rings. The topological polar surface area (TPSA) is 285 Å². The highest BCUT2D eigenvalue weighted by atomic mass is 16.3. The van der Waals surface area contributed by atoms with Crippen LogP contribution in [0.2, 0.25) is 0 Å². The molecule has 5 atom stereocenters. The first-order chi connectivity index (χ1) is 18.2. The minimum atomic E-state index is -1.45. The van der Waals surface area contributed by atoms with Crippen LogP contribution in [0.1, 0.15) is 52.9 Å². The highest BCUT2D eigenvalue weighted by molar-refractivity contribution is 5.94. The summed E-state index contributed by atoms with van der Waals surface area (Å²) in [6.07, 6.45) is 0.845. The number of rotatable bonds is 19. The van der Waals surface area contributed by atoms with E-state index in [1.165, 1.54) is 6.92 Å². The molecule has 0 rings (SSSR count). The van der Waals surface area contributed by atoms with E-state index in [0.717, 1.165) is 0 Å². The minimum Gasteiger partial charge on any atom is -0.391 e. The largest absolute Gasteiger partial charge is 0.391 e. The van der Waals surface area contributed by atoms with Crippen LogP contribution in [-0.2, 0) is 28.8 Å². The molecule has 0 aromatic carbocycles. The molecular weight excluding hydrogens is 514 g/mol. The number of hydrogen-bond acceptors (Lipinski definition) is 9. The second kappa shape index (κ2) is 18.5. The van der Waals surface area contributed by atoms with E-state index in [0.29, 0.717) is 6.42 Å². The fourth-order valence-electron chi connectivity index (χ4n) is 3.30. The predicted octanol–water partition coefficient (Wildman–Crippen LogP) is -4.05. The lowest BCUT2D eigenvalue weighted by atomic mass is 10.0. The molecule has 0 aliphatic rings. The van der Waals surface area contributed by atoms with Gasteiger partial charge in [0.1, 0.15) is 12.1 Å². The molecular formula is C23H42N9O7. The smallest absolute Gasteiger partial charge is 0.245 e. The van der Waals surface area contributed by atoms with Crippen molar-refractivity contribution in [3.63, 3.8) is 0 Å². The van der Waals surface area contributed by atoms with Gasteiger partial charge in [0.25, 0.3) is 0 Å². The van der Waals surface area contributed by atoms with Crippen molar-refractivity contribution in [1.29, 1.82) is 5.41 Å². The van der Waals surface area contributed by atoms with Gasteiger partial charge in [-0.15, -0.1) is 0 Å². The second-order valence-electron chi connectivity index (χ2n) is 9.47. The van der Waals surface area contributed by atoms with Crippen molar-refractivity contribution in [2.24, 2.45) is 23.1 Å². The van der Waals surface area contributed by atoms with Crippen molar-refractivity contribution in [2.45, 2.75) is 83.1 Å². The van der Waals surface area contributed by atoms with Gasteiger partial charge in [0.15, 0.2) is 5.96 Å². The van der Waals surface area contributed by atoms with Crippen molar-refractivity contribution in [3.8, 4) is 0 Å². The van der Waals surface area contributed by atoms with Crippen LogP contribution < -0.4 is 43.8 Å². The van der Waals surface area contributed by atoms with Gasteiger partial charge in [-0.2, -0.15) is 0 Å². The van der Waals surface area contributed by atoms with E-state index in [-0.39, 0.29) is 44.1 Å². The number of carbonyl (C=O) groups is 5. The molecule has 0 heterocycles. The Bertz CT molecular complexity index is 867. The predicted molar refractivity (Wildman–Crippen MR) is 141 cm³/mol. The fourth-order valence-corrected chi connectivity index (χ4v) is 3.30. The summed E-state index contributed by atoms with van der Waals surface area (Å²) in [5, 5.41) is 29.4. The van der Waals surface area contributed by atoms with Gasteiger partial charge in [-0.3, -0.25) is 34.2 Å². The van der Waals surface area contributed by atoms with Crippen LogP contribution in [0.3, 0.4) is 0 Å². The number of guanidine groups is 1. The van der Waals surface area contributed by atoms with E-state index in [9.17, 15) is 33.9 Å². The molecule has 0 bridgehead atoms. The monoisotopic (exact) mass is 556 g/mol. The normalized spacial score (nSPS) is 14.6. The zero-order chi connectivity index (χ0) is 30.1. The third-order valence-corrected chi connectivity index (χ3v) is 5.33. The summed E-state index contributed by atoms with van der Waals surface area (Å²) in [5.74, 6) is -3.93. The van der Waals surface area contributed by atoms with Crippen molar-refractivity contribution in [1.82, 2.24) is 26.6 Å². The first-order valence-electron chi connectivity index (χ1n) is 12.5. The number of carbonyl (C=O) groups excluding carboxylic acids is 6. The Morgan fingerprint density at radius 2 is 1.56 bits per heavy atom. The van der Waals surface area contributed by atoms with Crippen LogP contribution in [0.4, 0.5) is 0 Å². The zero-order valence-electron chi connectivity index (χ0n) is 22.5. The van der Waals surface area contributed by atoms with Crippen molar-refractivity contribution >= 4 is 41.8 Å². The van der Waals surface area contributed by atoms with Gasteiger partial charge in [-0.05, 0) is 38.5 Å². The van der Waals surface area contributed by atoms with Crippen LogP contribution in [0.5, 0.6) is 0 Å². The third kappa shape index (κ3) is 15.9. The molecule has 0 aliphatic carbocycles. The number of nitrogens with one attached hydrogen (secondary N) is 6. The molecule has 5 amide bonds. The Morgan fingerprint density at radius 3 is 2.08 bits per heavy atom. The molecule has 1 radical (unpaired) electrons. The van der Waals surface area contributed by atoms with Gasteiger partial charge in [0.2, 0.25) is 35.8 Å². The highest BCUT2D eigenvalue weighted by Crippen LogP contribution is 2.05. The Hall–Kier alpha value is -3.79. The fraction of sp³-hybridized carbons (Fsp3) is 0.696. The van der Waals surface area contributed by atoms with Crippen molar-refractivity contribution < 1.29 is 33.9 Å². The lowest BCUT2D eigenvalue weighted by Gasteiger charge is -2.26. The Kier molecular flexibility index (Phi) is 16.7. The number of aliphatic hydroxyl groups excluding tert-OH is 1. The molecule has 0 aliphatic heterocycles. The standard InChI is InChI=1S/C23H42N9O7/c1-12(2)9-14(11-33)30-22(39)19(13(3)34)32-21(38)16(5-4-8-28-23(26)27)31-18(36)10-29-20(37)15(24)6-7-17(25)35/h12-16,19,34H,4-10,24H2,1-3H3,(H2,25,35)(H,29,37)(H,30,39)(H,31,36)(H,32,38)(H4,26,27,28)/t13-,14+,15+,16+,19+/m1/s1. The molecule has 0 spiro atoms. The molecule has 16 nitrogen and oxygen atoms in total. The van der Waals surface area contributed by atoms with Crippen LogP contribution in [0.15, 0.2) is 0 Å². The molecule has 221 valence electrons. The van der Waals surface area contributed by atoms with Gasteiger partial charge in [0.05, 0.1) is 24.7 Å². The van der Waals surface area contributed by atoms with E-state index in [4.69, 9.17) is 22.6 Å². The van der Waals surface area contributed by atoms with Crippen molar-refractivity contribution in [2.75, 3.05) is 13.1 Å². The quantitative estimate of drug-likeness (QED) is 0.0417. The molecule has 13 N–H and O–H groups in total. The van der Waals surface area contributed by atoms with Crippen LogP contribution in [0, 0.1) is 11.3 Å². The van der Waals surface area contributed by atoms with Crippen LogP contribution in [-0.4, -0.2) is 90.2 Å². The van der Waals surface area contributed by atoms with E-state index in [1.54, 1.807) is 6.29 Å². The summed E-state index contributed by atoms with van der Waals surface area (Å²) >= 11 is 0. The van der Waals surface area contributed by atoms with Gasteiger partial charge in [0, 0.05) is 13.0 Å². The maximum atomic E-state index is 13.0. The molecule has 39 heavy (non-hydrogen) atoms. The highest BCUT2D eigenvalue weighted by Gasteiger charge is 2.31. The average molecular weight is 557 g/mol. The molecule has 16 heteroatoms. The lowest BCUT2D eigenvalue weighted by molar-refractivity contribution is -0.134. The van der Waals surface area contributed by atoms with Crippen molar-refractivity contribution in [3.05, 3.63) is 0 Å². The summed E-state index contributed by atoms with van der Waals surface area (Å²) < 4.78 is 0. The Balaban J connectivity index is 5.34. The summed E-state index contributed by atoms with van der Waals surface area (Å²) in [4.78, 5) is 72.3. The summed E-state index contributed by atoms with van der Waals surface area (Å²) in [5.41, 5.74) is 15.9. The van der Waals surface area contributed by atoms with E-state index >= 15 is 0 Å². The molecule has 0 fully saturated rings. The summed E-state index contributed by atoms with van der Waals surface area (Å²) in [6.45, 7) is 4.62. The molecule has 0 saturated carbocycles. The molecule has 0 unspecified atom stereocenters. The minimum absolute atomic E-state index is 0.0142. The van der Waals surface area contributed by atoms with Gasteiger partial charge >= 0.3 is 0 Å². The number of aliphatic hydroxyl groups is 1. The van der Waals surface area contributed by atoms with E-state index in [2.05, 4.69) is 26.6 Å². The second-order valence-corrected chi connectivity index (χ2v) is 9.47. The first-order valence-corrected chi connectivity index (χ1v) is 12.5. The third-order valence-electron chi connectivity index (χ3n) is 5.33. The number of amides is 5. The maximum Gasteiger partial charge on any atom is 0.245 e. The number of nitrogens with two attached hydrogens (primary N) is 3. The van der Waals surface area contributed by atoms with E-state index < -0.39 is 66.4 Å². The van der Waals surface area contributed by atoms with Gasteiger partial charge < -0.3 is 48.9 Å². The maximum absolute atomic E-state index is 13.0. The van der Waals surface area contributed by atoms with Gasteiger partial charge in [-0.25, -0.2) is 0 Å². The first kappa shape index (κ1) is 35.2. The van der Waals surface area contributed by atoms with Crippen LogP contribution in [0.25, 0.3) is 0 Å². The SMILES string of the molecule is CC(C)C[C@@H]([C]=O)NC(=O)[C@@H](NC(=O)[C@H](CCCNC(=N)N)NC(=O)CNC(=O)[C@@H](N)CCC(N)=O)[C@@H](C)O. The van der Waals surface area contributed by atoms with Crippen LogP contribution >= 0.6 is 0 Å².